The summed E-state index contributed by atoms with van der Waals surface area (Å²) in [5.41, 5.74) is 2.21. The van der Waals surface area contributed by atoms with Crippen LogP contribution in [-0.2, 0) is 23.1 Å². The minimum atomic E-state index is -0.245. The van der Waals surface area contributed by atoms with Gasteiger partial charge in [-0.15, -0.1) is 0 Å². The Labute approximate surface area is 119 Å². The first-order valence-electron chi connectivity index (χ1n) is 7.35. The Hall–Kier alpha value is -1.36. The number of carbonyl (C=O) groups is 1. The van der Waals surface area contributed by atoms with Crippen LogP contribution in [0.1, 0.15) is 30.5 Å². The van der Waals surface area contributed by atoms with Crippen molar-refractivity contribution in [3.05, 3.63) is 17.5 Å². The van der Waals surface area contributed by atoms with Crippen LogP contribution in [0.3, 0.4) is 0 Å². The number of ether oxygens (including phenoxy) is 1. The molecule has 0 spiro atoms. The van der Waals surface area contributed by atoms with Gasteiger partial charge in [-0.1, -0.05) is 6.42 Å². The molecule has 2 aliphatic rings. The fourth-order valence-electron chi connectivity index (χ4n) is 3.99. The lowest BCUT2D eigenvalue weighted by atomic mass is 9.81. The van der Waals surface area contributed by atoms with Gasteiger partial charge in [0.1, 0.15) is 0 Å². The lowest BCUT2D eigenvalue weighted by molar-refractivity contribution is -0.153. The maximum atomic E-state index is 12.2. The number of likely N-dealkylation sites (tertiary alicyclic amines) is 1. The third-order valence-electron chi connectivity index (χ3n) is 5.26. The molecule has 1 saturated carbocycles. The van der Waals surface area contributed by atoms with Crippen molar-refractivity contribution in [2.75, 3.05) is 20.2 Å². The van der Waals surface area contributed by atoms with E-state index in [9.17, 15) is 4.79 Å². The van der Waals surface area contributed by atoms with Crippen molar-refractivity contribution in [2.24, 2.45) is 18.4 Å². The number of aromatic nitrogens is 2. The van der Waals surface area contributed by atoms with Crippen LogP contribution in [0.4, 0.5) is 0 Å². The van der Waals surface area contributed by atoms with Crippen LogP contribution >= 0.6 is 0 Å². The Morgan fingerprint density at radius 1 is 1.60 bits per heavy atom. The zero-order chi connectivity index (χ0) is 14.3. The van der Waals surface area contributed by atoms with E-state index in [1.165, 1.54) is 18.4 Å². The largest absolute Gasteiger partial charge is 0.469 e. The van der Waals surface area contributed by atoms with Crippen molar-refractivity contribution in [3.63, 3.8) is 0 Å². The summed E-state index contributed by atoms with van der Waals surface area (Å²) in [7, 11) is 3.48. The Bertz CT molecular complexity index is 525. The molecule has 1 aromatic heterocycles. The van der Waals surface area contributed by atoms with Gasteiger partial charge in [-0.2, -0.15) is 5.10 Å². The van der Waals surface area contributed by atoms with Crippen LogP contribution in [0.2, 0.25) is 0 Å². The Morgan fingerprint density at radius 2 is 2.40 bits per heavy atom. The first-order valence-corrected chi connectivity index (χ1v) is 7.35. The van der Waals surface area contributed by atoms with Gasteiger partial charge in [0, 0.05) is 37.9 Å². The SMILES string of the molecule is COC(=O)[C@]12CCC[C@@H]1CN(Cc1cnn(C)c1C)C2. The van der Waals surface area contributed by atoms with Crippen LogP contribution in [0.15, 0.2) is 6.20 Å². The third kappa shape index (κ3) is 1.95. The standard InChI is InChI=1S/C15H23N3O2/c1-11-12(7-16-17(11)2)8-18-9-13-5-4-6-15(13,10-18)14(19)20-3/h7,13H,4-6,8-10H2,1-3H3/t13-,15+/m1/s1. The molecule has 0 radical (unpaired) electrons. The summed E-state index contributed by atoms with van der Waals surface area (Å²) in [5, 5.41) is 4.30. The van der Waals surface area contributed by atoms with Crippen LogP contribution in [0.25, 0.3) is 0 Å². The zero-order valence-corrected chi connectivity index (χ0v) is 12.6. The maximum Gasteiger partial charge on any atom is 0.313 e. The van der Waals surface area contributed by atoms with Gasteiger partial charge in [0.25, 0.3) is 0 Å². The average Bonchev–Trinajstić information content (AvgIpc) is 3.06. The molecule has 5 nitrogen and oxygen atoms in total. The highest BCUT2D eigenvalue weighted by Crippen LogP contribution is 2.49. The van der Waals surface area contributed by atoms with E-state index in [-0.39, 0.29) is 11.4 Å². The quantitative estimate of drug-likeness (QED) is 0.786. The highest BCUT2D eigenvalue weighted by Gasteiger charge is 2.55. The third-order valence-corrected chi connectivity index (χ3v) is 5.26. The second-order valence-electron chi connectivity index (χ2n) is 6.29. The molecular weight excluding hydrogens is 254 g/mol. The summed E-state index contributed by atoms with van der Waals surface area (Å²) in [6, 6.07) is 0. The van der Waals surface area contributed by atoms with Crippen molar-refractivity contribution in [1.29, 1.82) is 0 Å². The van der Waals surface area contributed by atoms with Gasteiger partial charge >= 0.3 is 5.97 Å². The summed E-state index contributed by atoms with van der Waals surface area (Å²) in [6.07, 6.45) is 5.22. The molecule has 0 N–H and O–H groups in total. The summed E-state index contributed by atoms with van der Waals surface area (Å²) in [6.45, 7) is 4.81. The molecule has 0 amide bonds. The van der Waals surface area contributed by atoms with E-state index < -0.39 is 0 Å². The first-order chi connectivity index (χ1) is 9.56. The zero-order valence-electron chi connectivity index (χ0n) is 12.6. The second-order valence-corrected chi connectivity index (χ2v) is 6.29. The van der Waals surface area contributed by atoms with E-state index in [0.717, 1.165) is 38.9 Å². The number of fused-ring (bicyclic) bond motifs is 1. The van der Waals surface area contributed by atoms with E-state index in [1.54, 1.807) is 0 Å². The van der Waals surface area contributed by atoms with Crippen LogP contribution < -0.4 is 0 Å². The van der Waals surface area contributed by atoms with E-state index >= 15 is 0 Å². The topological polar surface area (TPSA) is 47.4 Å². The van der Waals surface area contributed by atoms with Crippen LogP contribution in [0.5, 0.6) is 0 Å². The van der Waals surface area contributed by atoms with E-state index in [4.69, 9.17) is 4.74 Å². The fourth-order valence-corrected chi connectivity index (χ4v) is 3.99. The van der Waals surface area contributed by atoms with Crippen molar-refractivity contribution in [1.82, 2.24) is 14.7 Å². The van der Waals surface area contributed by atoms with Crippen LogP contribution in [0, 0.1) is 18.3 Å². The monoisotopic (exact) mass is 277 g/mol. The first kappa shape index (κ1) is 13.6. The summed E-state index contributed by atoms with van der Waals surface area (Å²) in [5.74, 6) is 0.456. The second kappa shape index (κ2) is 4.88. The molecule has 0 bridgehead atoms. The van der Waals surface area contributed by atoms with Gasteiger partial charge in [0.15, 0.2) is 0 Å². The van der Waals surface area contributed by atoms with Gasteiger partial charge < -0.3 is 4.74 Å². The van der Waals surface area contributed by atoms with E-state index in [0.29, 0.717) is 5.92 Å². The number of rotatable bonds is 3. The van der Waals surface area contributed by atoms with E-state index in [2.05, 4.69) is 16.9 Å². The molecule has 1 saturated heterocycles. The number of carbonyl (C=O) groups excluding carboxylic acids is 1. The van der Waals surface area contributed by atoms with Gasteiger partial charge in [-0.3, -0.25) is 14.4 Å². The summed E-state index contributed by atoms with van der Waals surface area (Å²) in [4.78, 5) is 14.6. The highest BCUT2D eigenvalue weighted by molar-refractivity contribution is 5.78. The van der Waals surface area contributed by atoms with Crippen LogP contribution in [-0.4, -0.2) is 40.8 Å². The summed E-state index contributed by atoms with van der Waals surface area (Å²) < 4.78 is 6.99. The van der Waals surface area contributed by atoms with E-state index in [1.807, 2.05) is 17.9 Å². The molecule has 110 valence electrons. The molecule has 0 unspecified atom stereocenters. The average molecular weight is 277 g/mol. The van der Waals surface area contributed by atoms with Crippen molar-refractivity contribution in [3.8, 4) is 0 Å². The minimum absolute atomic E-state index is 0.00888. The number of hydrogen-bond donors (Lipinski definition) is 0. The Balaban J connectivity index is 1.76. The predicted molar refractivity (Wildman–Crippen MR) is 75.0 cm³/mol. The molecule has 2 atom stereocenters. The lowest BCUT2D eigenvalue weighted by Gasteiger charge is -2.25. The van der Waals surface area contributed by atoms with Gasteiger partial charge in [-0.25, -0.2) is 0 Å². The number of aryl methyl sites for hydroxylation is 1. The van der Waals surface area contributed by atoms with Gasteiger partial charge in [0.2, 0.25) is 0 Å². The normalized spacial score (nSPS) is 29.6. The molecule has 2 fully saturated rings. The number of methoxy groups -OCH3 is 1. The predicted octanol–water partition coefficient (Wildman–Crippen LogP) is 1.50. The molecule has 1 aliphatic carbocycles. The molecule has 0 aromatic carbocycles. The number of nitrogens with zero attached hydrogens (tertiary/aromatic N) is 3. The fraction of sp³-hybridized carbons (Fsp3) is 0.733. The molecular formula is C15H23N3O2. The molecule has 2 heterocycles. The minimum Gasteiger partial charge on any atom is -0.469 e. The smallest absolute Gasteiger partial charge is 0.313 e. The van der Waals surface area contributed by atoms with Gasteiger partial charge in [-0.05, 0) is 25.7 Å². The maximum absolute atomic E-state index is 12.2. The molecule has 20 heavy (non-hydrogen) atoms. The van der Waals surface area contributed by atoms with Gasteiger partial charge in [0.05, 0.1) is 18.7 Å². The summed E-state index contributed by atoms with van der Waals surface area (Å²) >= 11 is 0. The molecule has 1 aliphatic heterocycles. The van der Waals surface area contributed by atoms with Crippen molar-refractivity contribution < 1.29 is 9.53 Å². The molecule has 5 heteroatoms. The number of esters is 1. The Morgan fingerprint density at radius 3 is 3.05 bits per heavy atom. The molecule has 1 aromatic rings. The van der Waals surface area contributed by atoms with Crippen molar-refractivity contribution >= 4 is 5.97 Å². The Kier molecular flexibility index (Phi) is 3.32. The van der Waals surface area contributed by atoms with Crippen molar-refractivity contribution in [2.45, 2.75) is 32.7 Å². The highest BCUT2D eigenvalue weighted by atomic mass is 16.5. The lowest BCUT2D eigenvalue weighted by Crippen LogP contribution is -2.36. The molecule has 3 rings (SSSR count). The number of hydrogen-bond acceptors (Lipinski definition) is 4.